The summed E-state index contributed by atoms with van der Waals surface area (Å²) in [7, 11) is 0. The lowest BCUT2D eigenvalue weighted by molar-refractivity contribution is -0.142. The minimum absolute atomic E-state index is 0.0224. The molecule has 0 fully saturated rings. The lowest BCUT2D eigenvalue weighted by atomic mass is 10.0. The smallest absolute Gasteiger partial charge is 0.326 e. The van der Waals surface area contributed by atoms with Crippen molar-refractivity contribution in [3.05, 3.63) is 83.9 Å². The first-order valence-electron chi connectivity index (χ1n) is 15.5. The highest BCUT2D eigenvalue weighted by atomic mass is 16.4. The number of para-hydroxylation sites is 1. The molecule has 9 N–H and O–H groups in total. The van der Waals surface area contributed by atoms with Gasteiger partial charge < -0.3 is 42.3 Å². The van der Waals surface area contributed by atoms with E-state index in [9.17, 15) is 39.3 Å². The van der Waals surface area contributed by atoms with Gasteiger partial charge in [0.15, 0.2) is 0 Å². The number of nitrogens with two attached hydrogens (primary N) is 1. The zero-order valence-corrected chi connectivity index (χ0v) is 27.1. The molecule has 0 bridgehead atoms. The van der Waals surface area contributed by atoms with Crippen molar-refractivity contribution in [1.29, 1.82) is 0 Å². The Morgan fingerprint density at radius 1 is 0.714 bits per heavy atom. The molecule has 15 nitrogen and oxygen atoms in total. The minimum atomic E-state index is -1.22. The van der Waals surface area contributed by atoms with E-state index in [1.807, 2.05) is 13.8 Å². The third kappa shape index (κ3) is 13.1. The van der Waals surface area contributed by atoms with Crippen molar-refractivity contribution in [3.8, 4) is 11.5 Å². The van der Waals surface area contributed by atoms with Gasteiger partial charge in [-0.25, -0.2) is 4.79 Å². The van der Waals surface area contributed by atoms with Gasteiger partial charge in [-0.1, -0.05) is 50.2 Å². The fraction of sp³-hybridized carbons (Fsp3) is 0.324. The van der Waals surface area contributed by atoms with Crippen LogP contribution in [0.3, 0.4) is 0 Å². The summed E-state index contributed by atoms with van der Waals surface area (Å²) in [6.07, 6.45) is 0.314. The quantitative estimate of drug-likeness (QED) is 0.0973. The number of carbonyl (C=O) groups excluding carboxylic acids is 4. The summed E-state index contributed by atoms with van der Waals surface area (Å²) in [5, 5.41) is 46.8. The van der Waals surface area contributed by atoms with Crippen LogP contribution in [-0.2, 0) is 36.8 Å². The maximum atomic E-state index is 13.3. The molecule has 0 spiro atoms. The van der Waals surface area contributed by atoms with Gasteiger partial charge in [0.25, 0.3) is 0 Å². The number of aromatic hydroxyl groups is 2. The number of aliphatic carboxylic acids is 1. The molecule has 3 atom stereocenters. The molecule has 0 aromatic heterocycles. The largest absolute Gasteiger partial charge is 0.508 e. The van der Waals surface area contributed by atoms with Crippen molar-refractivity contribution >= 4 is 41.0 Å². The first-order chi connectivity index (χ1) is 23.3. The molecule has 3 aromatic carbocycles. The van der Waals surface area contributed by atoms with Gasteiger partial charge in [0.05, 0.1) is 24.8 Å². The molecule has 0 heterocycles. The number of carboxylic acids is 1. The SMILES string of the molecule is CC(C)C[C@H](NC(=O)[C@H](Cc1ccc(N=Nc2ccccc2O)cc1)NC(=O)CNC(=O)CNC(=O)[C@@H](N)Cc1ccc(O)cc1)C(=O)O. The molecule has 0 saturated heterocycles. The van der Waals surface area contributed by atoms with Crippen molar-refractivity contribution in [3.63, 3.8) is 0 Å². The molecular formula is C34H41N7O8. The van der Waals surface area contributed by atoms with E-state index in [0.29, 0.717) is 16.8 Å². The van der Waals surface area contributed by atoms with Crippen molar-refractivity contribution in [2.75, 3.05) is 13.1 Å². The molecule has 0 aliphatic rings. The third-order valence-corrected chi connectivity index (χ3v) is 7.10. The Balaban J connectivity index is 1.59. The summed E-state index contributed by atoms with van der Waals surface area (Å²) in [5.74, 6) is -3.95. The summed E-state index contributed by atoms with van der Waals surface area (Å²) in [5.41, 5.74) is 7.96. The van der Waals surface area contributed by atoms with Gasteiger partial charge >= 0.3 is 5.97 Å². The number of azo groups is 1. The van der Waals surface area contributed by atoms with Crippen LogP contribution < -0.4 is 27.0 Å². The number of nitrogens with zero attached hydrogens (tertiary/aromatic N) is 2. The molecule has 260 valence electrons. The number of rotatable bonds is 17. The zero-order valence-electron chi connectivity index (χ0n) is 27.1. The molecule has 3 aromatic rings. The summed E-state index contributed by atoms with van der Waals surface area (Å²) in [4.78, 5) is 62.6. The molecule has 49 heavy (non-hydrogen) atoms. The first-order valence-corrected chi connectivity index (χ1v) is 15.5. The molecule has 4 amide bonds. The molecular weight excluding hydrogens is 634 g/mol. The third-order valence-electron chi connectivity index (χ3n) is 7.10. The topological polar surface area (TPSA) is 245 Å². The van der Waals surface area contributed by atoms with E-state index in [0.717, 1.165) is 0 Å². The number of benzene rings is 3. The first kappa shape index (κ1) is 37.6. The highest BCUT2D eigenvalue weighted by molar-refractivity contribution is 5.93. The van der Waals surface area contributed by atoms with E-state index in [1.165, 1.54) is 18.2 Å². The van der Waals surface area contributed by atoms with E-state index in [-0.39, 0.29) is 42.4 Å². The predicted molar refractivity (Wildman–Crippen MR) is 179 cm³/mol. The number of nitrogens with one attached hydrogen (secondary N) is 4. The van der Waals surface area contributed by atoms with Gasteiger partial charge in [0, 0.05) is 6.42 Å². The number of carboxylic acid groups (broad SMARTS) is 1. The Kier molecular flexibility index (Phi) is 14.2. The number of hydrogen-bond donors (Lipinski definition) is 8. The van der Waals surface area contributed by atoms with Crippen LogP contribution in [0.2, 0.25) is 0 Å². The van der Waals surface area contributed by atoms with Crippen LogP contribution in [0.25, 0.3) is 0 Å². The number of hydrogen-bond acceptors (Lipinski definition) is 10. The van der Waals surface area contributed by atoms with Crippen molar-refractivity contribution < 1.29 is 39.3 Å². The highest BCUT2D eigenvalue weighted by Crippen LogP contribution is 2.27. The van der Waals surface area contributed by atoms with E-state index in [1.54, 1.807) is 54.6 Å². The Hall–Kier alpha value is -5.83. The van der Waals surface area contributed by atoms with Crippen LogP contribution in [0.4, 0.5) is 11.4 Å². The average Bonchev–Trinajstić information content (AvgIpc) is 3.06. The van der Waals surface area contributed by atoms with Gasteiger partial charge in [-0.2, -0.15) is 5.11 Å². The number of amides is 4. The second kappa shape index (κ2) is 18.5. The molecule has 0 aliphatic heterocycles. The average molecular weight is 676 g/mol. The Labute approximate surface area is 283 Å². The lowest BCUT2D eigenvalue weighted by Crippen LogP contribution is -2.54. The van der Waals surface area contributed by atoms with Crippen molar-refractivity contribution in [2.24, 2.45) is 21.9 Å². The van der Waals surface area contributed by atoms with Crippen LogP contribution in [0.5, 0.6) is 11.5 Å². The summed E-state index contributed by atoms with van der Waals surface area (Å²) < 4.78 is 0. The van der Waals surface area contributed by atoms with E-state index in [2.05, 4.69) is 31.5 Å². The Morgan fingerprint density at radius 3 is 1.96 bits per heavy atom. The maximum absolute atomic E-state index is 13.3. The minimum Gasteiger partial charge on any atom is -0.508 e. The van der Waals surface area contributed by atoms with Crippen LogP contribution in [0, 0.1) is 5.92 Å². The van der Waals surface area contributed by atoms with E-state index in [4.69, 9.17) is 5.73 Å². The van der Waals surface area contributed by atoms with Crippen molar-refractivity contribution in [2.45, 2.75) is 51.2 Å². The summed E-state index contributed by atoms with van der Waals surface area (Å²) in [6, 6.07) is 15.8. The number of phenols is 2. The lowest BCUT2D eigenvalue weighted by Gasteiger charge is -2.22. The predicted octanol–water partition coefficient (Wildman–Crippen LogP) is 1.96. The normalized spacial score (nSPS) is 12.9. The van der Waals surface area contributed by atoms with Crippen LogP contribution in [0.1, 0.15) is 31.4 Å². The second-order valence-corrected chi connectivity index (χ2v) is 11.7. The van der Waals surface area contributed by atoms with Gasteiger partial charge in [0.2, 0.25) is 23.6 Å². The van der Waals surface area contributed by atoms with Gasteiger partial charge in [-0.3, -0.25) is 19.2 Å². The maximum Gasteiger partial charge on any atom is 0.326 e. The fourth-order valence-corrected chi connectivity index (χ4v) is 4.53. The van der Waals surface area contributed by atoms with Gasteiger partial charge in [-0.15, -0.1) is 5.11 Å². The molecule has 3 rings (SSSR count). The standard InChI is InChI=1S/C34H41N7O8/c1-20(2)15-28(34(48)49)39-33(47)27(17-22-7-11-23(12-8-22)40-41-26-5-3-4-6-29(26)43)38-31(45)19-36-30(44)18-37-32(46)25(35)16-21-9-13-24(42)14-10-21/h3-14,20,25,27-28,42-43H,15-19,35H2,1-2H3,(H,36,44)(H,37,46)(H,38,45)(H,39,47)(H,48,49)/t25-,27-,28-/m0/s1. The molecule has 15 heteroatoms. The Morgan fingerprint density at radius 2 is 1.33 bits per heavy atom. The Bertz CT molecular complexity index is 1630. The van der Waals surface area contributed by atoms with Crippen LogP contribution >= 0.6 is 0 Å². The zero-order chi connectivity index (χ0) is 35.9. The molecule has 0 aliphatic carbocycles. The molecule has 0 saturated carbocycles. The number of carbonyl (C=O) groups is 5. The molecule has 0 radical (unpaired) electrons. The summed E-state index contributed by atoms with van der Waals surface area (Å²) in [6.45, 7) is 2.64. The van der Waals surface area contributed by atoms with Crippen molar-refractivity contribution in [1.82, 2.24) is 21.3 Å². The second-order valence-electron chi connectivity index (χ2n) is 11.7. The number of phenolic OH excluding ortho intramolecular Hbond substituents is 2. The van der Waals surface area contributed by atoms with Gasteiger partial charge in [0.1, 0.15) is 29.3 Å². The molecule has 0 unspecified atom stereocenters. The van der Waals surface area contributed by atoms with Crippen LogP contribution in [0.15, 0.2) is 83.0 Å². The van der Waals surface area contributed by atoms with Gasteiger partial charge in [-0.05, 0) is 66.3 Å². The monoisotopic (exact) mass is 675 g/mol. The highest BCUT2D eigenvalue weighted by Gasteiger charge is 2.27. The van der Waals surface area contributed by atoms with Crippen LogP contribution in [-0.4, -0.2) is 76.1 Å². The summed E-state index contributed by atoms with van der Waals surface area (Å²) >= 11 is 0. The van der Waals surface area contributed by atoms with E-state index >= 15 is 0 Å². The van der Waals surface area contributed by atoms with E-state index < -0.39 is 60.8 Å². The fourth-order valence-electron chi connectivity index (χ4n) is 4.53.